The molecule has 1 saturated heterocycles. The van der Waals surface area contributed by atoms with Gasteiger partial charge < -0.3 is 14.2 Å². The van der Waals surface area contributed by atoms with Crippen LogP contribution in [0.15, 0.2) is 34.9 Å². The van der Waals surface area contributed by atoms with E-state index >= 15 is 0 Å². The smallest absolute Gasteiger partial charge is 0.231 e. The second-order valence-corrected chi connectivity index (χ2v) is 5.76. The van der Waals surface area contributed by atoms with Crippen molar-refractivity contribution in [2.75, 3.05) is 25.5 Å². The van der Waals surface area contributed by atoms with E-state index in [1.165, 1.54) is 0 Å². The van der Waals surface area contributed by atoms with Gasteiger partial charge in [0.25, 0.3) is 0 Å². The highest BCUT2D eigenvalue weighted by Gasteiger charge is 2.24. The lowest BCUT2D eigenvalue weighted by Gasteiger charge is -2.08. The van der Waals surface area contributed by atoms with Crippen molar-refractivity contribution in [3.8, 4) is 23.2 Å². The van der Waals surface area contributed by atoms with Crippen molar-refractivity contribution in [3.63, 3.8) is 0 Å². The van der Waals surface area contributed by atoms with Gasteiger partial charge in [-0.25, -0.2) is 0 Å². The Morgan fingerprint density at radius 2 is 2.42 bits per heavy atom. The Bertz CT molecular complexity index is 765. The predicted molar refractivity (Wildman–Crippen MR) is 87.0 cm³/mol. The van der Waals surface area contributed by atoms with Gasteiger partial charge in [0, 0.05) is 31.1 Å². The summed E-state index contributed by atoms with van der Waals surface area (Å²) in [6.07, 6.45) is 3.33. The Hall–Kier alpha value is -3.01. The first-order valence-corrected chi connectivity index (χ1v) is 7.73. The molecule has 0 bridgehead atoms. The topological polar surface area (TPSA) is 91.4 Å². The molecule has 1 N–H and O–H groups in total. The van der Waals surface area contributed by atoms with Crippen LogP contribution in [0.3, 0.4) is 0 Å². The van der Waals surface area contributed by atoms with E-state index < -0.39 is 0 Å². The Balaban J connectivity index is 1.59. The van der Waals surface area contributed by atoms with Gasteiger partial charge in [0.15, 0.2) is 6.19 Å². The fourth-order valence-corrected chi connectivity index (χ4v) is 2.79. The molecule has 1 aromatic carbocycles. The summed E-state index contributed by atoms with van der Waals surface area (Å²) in [5, 5.41) is 15.5. The van der Waals surface area contributed by atoms with Gasteiger partial charge in [-0.3, -0.25) is 10.1 Å². The number of ether oxygens (including phenoxy) is 1. The Labute approximate surface area is 139 Å². The van der Waals surface area contributed by atoms with E-state index in [-0.39, 0.29) is 11.8 Å². The van der Waals surface area contributed by atoms with E-state index in [9.17, 15) is 4.79 Å². The third-order valence-corrected chi connectivity index (χ3v) is 4.04. The van der Waals surface area contributed by atoms with E-state index in [0.717, 1.165) is 24.3 Å². The first-order valence-electron chi connectivity index (χ1n) is 7.73. The lowest BCUT2D eigenvalue weighted by Crippen LogP contribution is -2.19. The number of nitrogens with one attached hydrogen (secondary N) is 1. The number of carbonyl (C=O) groups is 1. The van der Waals surface area contributed by atoms with Gasteiger partial charge in [-0.2, -0.15) is 5.26 Å². The summed E-state index contributed by atoms with van der Waals surface area (Å²) in [5.41, 5.74) is 1.47. The van der Waals surface area contributed by atoms with Gasteiger partial charge in [0.1, 0.15) is 11.4 Å². The van der Waals surface area contributed by atoms with Crippen molar-refractivity contribution in [2.24, 2.45) is 5.92 Å². The molecule has 2 aromatic rings. The number of hydrogen-bond acceptors (Lipinski definition) is 6. The molecule has 0 spiro atoms. The number of nitrogens with zero attached hydrogens (tertiary/aromatic N) is 3. The van der Waals surface area contributed by atoms with Crippen LogP contribution in [0.4, 0.5) is 5.88 Å². The highest BCUT2D eigenvalue weighted by atomic mass is 16.5. The number of aromatic nitrogens is 1. The maximum Gasteiger partial charge on any atom is 0.231 e. The van der Waals surface area contributed by atoms with Crippen molar-refractivity contribution in [1.82, 2.24) is 10.1 Å². The zero-order valence-electron chi connectivity index (χ0n) is 13.4. The molecule has 1 aliphatic rings. The molecule has 1 aromatic heterocycles. The molecule has 24 heavy (non-hydrogen) atoms. The second kappa shape index (κ2) is 7.04. The number of amides is 1. The van der Waals surface area contributed by atoms with E-state index in [4.69, 9.17) is 14.5 Å². The summed E-state index contributed by atoms with van der Waals surface area (Å²) < 4.78 is 10.4. The van der Waals surface area contributed by atoms with Crippen LogP contribution >= 0.6 is 0 Å². The lowest BCUT2D eigenvalue weighted by atomic mass is 10.0. The number of methoxy groups -OCH3 is 1. The first kappa shape index (κ1) is 15.9. The van der Waals surface area contributed by atoms with Gasteiger partial charge in [-0.05, 0) is 24.5 Å². The van der Waals surface area contributed by atoms with Crippen LogP contribution in [-0.2, 0) is 4.79 Å². The van der Waals surface area contributed by atoms with Crippen molar-refractivity contribution in [2.45, 2.75) is 12.8 Å². The van der Waals surface area contributed by atoms with Crippen LogP contribution in [0.1, 0.15) is 12.8 Å². The summed E-state index contributed by atoms with van der Waals surface area (Å²) in [6, 6.07) is 9.13. The van der Waals surface area contributed by atoms with Crippen molar-refractivity contribution in [3.05, 3.63) is 30.3 Å². The van der Waals surface area contributed by atoms with E-state index in [2.05, 4.69) is 16.7 Å². The van der Waals surface area contributed by atoms with Crippen molar-refractivity contribution in [1.29, 1.82) is 5.26 Å². The fourth-order valence-electron chi connectivity index (χ4n) is 2.79. The molecule has 1 aliphatic heterocycles. The highest BCUT2D eigenvalue weighted by Crippen LogP contribution is 2.25. The number of likely N-dealkylation sites (tertiary alicyclic amines) is 1. The Kier molecular flexibility index (Phi) is 4.66. The highest BCUT2D eigenvalue weighted by molar-refractivity contribution is 5.90. The van der Waals surface area contributed by atoms with Crippen LogP contribution in [0.5, 0.6) is 5.75 Å². The first-order chi connectivity index (χ1) is 11.7. The summed E-state index contributed by atoms with van der Waals surface area (Å²) in [7, 11) is 1.60. The zero-order chi connectivity index (χ0) is 16.9. The SMILES string of the molecule is COc1cccc(-c2cc(NC(=O)CC3CCN(C#N)C3)on2)c1. The molecular formula is C17H18N4O3. The van der Waals surface area contributed by atoms with Crippen LogP contribution < -0.4 is 10.1 Å². The van der Waals surface area contributed by atoms with Crippen LogP contribution in [-0.4, -0.2) is 36.2 Å². The predicted octanol–water partition coefficient (Wildman–Crippen LogP) is 2.48. The summed E-state index contributed by atoms with van der Waals surface area (Å²) >= 11 is 0. The van der Waals surface area contributed by atoms with Crippen LogP contribution in [0.2, 0.25) is 0 Å². The molecule has 7 nitrogen and oxygen atoms in total. The average Bonchev–Trinajstić information content (AvgIpc) is 3.24. The van der Waals surface area contributed by atoms with Crippen molar-refractivity contribution < 1.29 is 14.1 Å². The summed E-state index contributed by atoms with van der Waals surface area (Å²) in [5.74, 6) is 1.11. The minimum Gasteiger partial charge on any atom is -0.497 e. The molecule has 0 aliphatic carbocycles. The van der Waals surface area contributed by atoms with E-state index in [0.29, 0.717) is 24.5 Å². The second-order valence-electron chi connectivity index (χ2n) is 5.76. The minimum absolute atomic E-state index is 0.131. The standard InChI is InChI=1S/C17H18N4O3/c1-23-14-4-2-3-13(8-14)15-9-17(24-20-15)19-16(22)7-12-5-6-21(10-12)11-18/h2-4,8-9,12H,5-7,10H2,1H3,(H,19,22). The van der Waals surface area contributed by atoms with Gasteiger partial charge in [0.2, 0.25) is 11.8 Å². The largest absolute Gasteiger partial charge is 0.497 e. The fraction of sp³-hybridized carbons (Fsp3) is 0.353. The van der Waals surface area contributed by atoms with E-state index in [1.54, 1.807) is 18.1 Å². The number of hydrogen-bond donors (Lipinski definition) is 1. The summed E-state index contributed by atoms with van der Waals surface area (Å²) in [4.78, 5) is 13.8. The number of anilines is 1. The monoisotopic (exact) mass is 326 g/mol. The molecule has 1 unspecified atom stereocenters. The quantitative estimate of drug-likeness (QED) is 0.849. The lowest BCUT2D eigenvalue weighted by molar-refractivity contribution is -0.117. The van der Waals surface area contributed by atoms with Crippen molar-refractivity contribution >= 4 is 11.8 Å². The molecule has 1 atom stereocenters. The normalized spacial score (nSPS) is 16.7. The molecule has 3 rings (SSSR count). The number of rotatable bonds is 5. The van der Waals surface area contributed by atoms with Gasteiger partial charge >= 0.3 is 0 Å². The van der Waals surface area contributed by atoms with Gasteiger partial charge in [-0.15, -0.1) is 0 Å². The molecule has 1 fully saturated rings. The van der Waals surface area contributed by atoms with Crippen LogP contribution in [0.25, 0.3) is 11.3 Å². The molecule has 0 saturated carbocycles. The number of benzene rings is 1. The molecule has 2 heterocycles. The summed E-state index contributed by atoms with van der Waals surface area (Å²) in [6.45, 7) is 1.35. The minimum atomic E-state index is -0.131. The third kappa shape index (κ3) is 3.66. The number of carbonyl (C=O) groups excluding carboxylic acids is 1. The zero-order valence-corrected chi connectivity index (χ0v) is 13.4. The third-order valence-electron chi connectivity index (χ3n) is 4.04. The maximum absolute atomic E-state index is 12.1. The maximum atomic E-state index is 12.1. The molecule has 124 valence electrons. The molecular weight excluding hydrogens is 308 g/mol. The van der Waals surface area contributed by atoms with Gasteiger partial charge in [-0.1, -0.05) is 17.3 Å². The number of nitriles is 1. The van der Waals surface area contributed by atoms with Gasteiger partial charge in [0.05, 0.1) is 7.11 Å². The van der Waals surface area contributed by atoms with E-state index in [1.807, 2.05) is 24.3 Å². The Morgan fingerprint density at radius 3 is 3.17 bits per heavy atom. The molecule has 0 radical (unpaired) electrons. The van der Waals surface area contributed by atoms with Crippen LogP contribution in [0, 0.1) is 17.4 Å². The average molecular weight is 326 g/mol. The molecule has 1 amide bonds. The molecule has 7 heteroatoms. The Morgan fingerprint density at radius 1 is 1.54 bits per heavy atom.